The van der Waals surface area contributed by atoms with Crippen LogP contribution in [0.15, 0.2) is 97.1 Å². The first-order chi connectivity index (χ1) is 30.0. The standard InChI is InChI=1S/C45H26O18/c46-17-20-2-1-18-4-7-26-33(8-5-19-3-6-25(20)36(18)37(19)26)60-44(58)24-15-34(61-42(56)21-9-27(47)38(53)28(48)10-21)41(63-45(59)23-13-31(51)40(55)32(52)14-23)35(16-24)62-43(57)22-11-29(49)39(54)30(50)12-22/h1-17,47-55H. The highest BCUT2D eigenvalue weighted by Gasteiger charge is 2.29. The molecule has 0 amide bonds. The molecule has 0 aliphatic rings. The van der Waals surface area contributed by atoms with Crippen molar-refractivity contribution in [3.63, 3.8) is 0 Å². The van der Waals surface area contributed by atoms with Crippen molar-refractivity contribution in [1.82, 2.24) is 0 Å². The third kappa shape index (κ3) is 7.20. The minimum absolute atomic E-state index is 0.0111. The molecule has 9 N–H and O–H groups in total. The molecule has 0 saturated heterocycles. The highest BCUT2D eigenvalue weighted by molar-refractivity contribution is 6.26. The van der Waals surface area contributed by atoms with Gasteiger partial charge in [0.15, 0.2) is 69.5 Å². The predicted octanol–water partition coefficient (Wildman–Crippen LogP) is 6.62. The van der Waals surface area contributed by atoms with Gasteiger partial charge in [0, 0.05) is 16.3 Å². The number of hydrogen-bond acceptors (Lipinski definition) is 18. The van der Waals surface area contributed by atoms with Crippen LogP contribution in [0.5, 0.6) is 74.7 Å². The second kappa shape index (κ2) is 15.3. The molecule has 0 aromatic heterocycles. The summed E-state index contributed by atoms with van der Waals surface area (Å²) >= 11 is 0. The second-order valence-electron chi connectivity index (χ2n) is 13.7. The molecule has 0 unspecified atom stereocenters. The summed E-state index contributed by atoms with van der Waals surface area (Å²) < 4.78 is 22.3. The van der Waals surface area contributed by atoms with Crippen LogP contribution in [-0.2, 0) is 0 Å². The number of esters is 4. The summed E-state index contributed by atoms with van der Waals surface area (Å²) in [7, 11) is 0. The van der Waals surface area contributed by atoms with Crippen molar-refractivity contribution in [2.45, 2.75) is 0 Å². The number of hydrogen-bond donors (Lipinski definition) is 9. The number of benzene rings is 8. The quantitative estimate of drug-likeness (QED) is 0.0242. The zero-order valence-electron chi connectivity index (χ0n) is 31.5. The highest BCUT2D eigenvalue weighted by Crippen LogP contribution is 2.45. The van der Waals surface area contributed by atoms with Gasteiger partial charge in [-0.2, -0.15) is 0 Å². The number of aromatic hydroxyl groups is 9. The van der Waals surface area contributed by atoms with Gasteiger partial charge in [0.25, 0.3) is 0 Å². The summed E-state index contributed by atoms with van der Waals surface area (Å²) in [5.74, 6) is -17.2. The fourth-order valence-electron chi connectivity index (χ4n) is 6.73. The number of rotatable bonds is 9. The normalized spacial score (nSPS) is 11.1. The first kappa shape index (κ1) is 40.3. The molecule has 0 aliphatic heterocycles. The topological polar surface area (TPSA) is 304 Å². The molecular formula is C45H26O18. The lowest BCUT2D eigenvalue weighted by atomic mass is 9.92. The van der Waals surface area contributed by atoms with Crippen LogP contribution in [0.2, 0.25) is 0 Å². The van der Waals surface area contributed by atoms with Gasteiger partial charge in [-0.1, -0.05) is 36.4 Å². The van der Waals surface area contributed by atoms with Crippen molar-refractivity contribution in [2.75, 3.05) is 0 Å². The van der Waals surface area contributed by atoms with E-state index in [0.717, 1.165) is 22.9 Å². The Morgan fingerprint density at radius 2 is 0.714 bits per heavy atom. The Labute approximate surface area is 350 Å². The van der Waals surface area contributed by atoms with Crippen molar-refractivity contribution in [2.24, 2.45) is 0 Å². The summed E-state index contributed by atoms with van der Waals surface area (Å²) in [6.07, 6.45) is 0.710. The smallest absolute Gasteiger partial charge is 0.344 e. The van der Waals surface area contributed by atoms with Crippen LogP contribution in [0, 0.1) is 0 Å². The van der Waals surface area contributed by atoms with Crippen LogP contribution in [0.1, 0.15) is 51.8 Å². The Kier molecular flexibility index (Phi) is 9.79. The van der Waals surface area contributed by atoms with Gasteiger partial charge < -0.3 is 64.9 Å². The molecule has 0 saturated carbocycles. The summed E-state index contributed by atoms with van der Waals surface area (Å²) in [6, 6.07) is 19.2. The van der Waals surface area contributed by atoms with Gasteiger partial charge >= 0.3 is 23.9 Å². The Hall–Kier alpha value is -9.45. The van der Waals surface area contributed by atoms with Gasteiger partial charge in [-0.15, -0.1) is 0 Å². The van der Waals surface area contributed by atoms with Gasteiger partial charge in [0.05, 0.1) is 22.3 Å². The number of phenols is 9. The summed E-state index contributed by atoms with van der Waals surface area (Å²) in [6.45, 7) is 0. The van der Waals surface area contributed by atoms with E-state index in [2.05, 4.69) is 0 Å². The number of phenolic OH excluding ortho intramolecular Hbond substituents is 9. The van der Waals surface area contributed by atoms with Gasteiger partial charge in [-0.3, -0.25) is 4.79 Å². The van der Waals surface area contributed by atoms with Crippen LogP contribution in [-0.4, -0.2) is 76.1 Å². The van der Waals surface area contributed by atoms with E-state index in [1.54, 1.807) is 42.5 Å². The minimum Gasteiger partial charge on any atom is -0.504 e. The monoisotopic (exact) mass is 854 g/mol. The zero-order valence-corrected chi connectivity index (χ0v) is 31.5. The molecule has 0 bridgehead atoms. The maximum Gasteiger partial charge on any atom is 0.344 e. The van der Waals surface area contributed by atoms with Crippen LogP contribution < -0.4 is 18.9 Å². The Balaban J connectivity index is 1.28. The Bertz CT molecular complexity index is 3120. The van der Waals surface area contributed by atoms with Crippen molar-refractivity contribution in [3.8, 4) is 74.7 Å². The molecule has 8 rings (SSSR count). The number of carbonyl (C=O) groups excluding carboxylic acids is 5. The average Bonchev–Trinajstić information content (AvgIpc) is 3.26. The molecule has 18 heteroatoms. The minimum atomic E-state index is -1.48. The number of carbonyl (C=O) groups is 5. The van der Waals surface area contributed by atoms with Gasteiger partial charge in [-0.05, 0) is 82.2 Å². The van der Waals surface area contributed by atoms with Crippen molar-refractivity contribution < 1.29 is 88.9 Å². The fourth-order valence-corrected chi connectivity index (χ4v) is 6.73. The zero-order chi connectivity index (χ0) is 45.0. The average molecular weight is 855 g/mol. The summed E-state index contributed by atoms with van der Waals surface area (Å²) in [5.41, 5.74) is -2.04. The molecule has 0 atom stereocenters. The maximum atomic E-state index is 14.2. The van der Waals surface area contributed by atoms with E-state index in [4.69, 9.17) is 18.9 Å². The molecule has 8 aromatic carbocycles. The maximum absolute atomic E-state index is 14.2. The van der Waals surface area contributed by atoms with Crippen LogP contribution in [0.3, 0.4) is 0 Å². The molecule has 0 heterocycles. The fraction of sp³-hybridized carbons (Fsp3) is 0. The molecule has 18 nitrogen and oxygen atoms in total. The first-order valence-electron chi connectivity index (χ1n) is 18.0. The summed E-state index contributed by atoms with van der Waals surface area (Å²) in [4.78, 5) is 66.8. The number of aldehydes is 1. The lowest BCUT2D eigenvalue weighted by molar-refractivity contribution is 0.0652. The van der Waals surface area contributed by atoms with Gasteiger partial charge in [0.1, 0.15) is 5.75 Å². The molecule has 63 heavy (non-hydrogen) atoms. The van der Waals surface area contributed by atoms with E-state index in [9.17, 15) is 69.9 Å². The van der Waals surface area contributed by atoms with E-state index < -0.39 is 115 Å². The van der Waals surface area contributed by atoms with E-state index in [-0.39, 0.29) is 5.75 Å². The van der Waals surface area contributed by atoms with E-state index >= 15 is 0 Å². The summed E-state index contributed by atoms with van der Waals surface area (Å²) in [5, 5.41) is 93.9. The second-order valence-corrected chi connectivity index (χ2v) is 13.7. The molecule has 0 aliphatic carbocycles. The molecular weight excluding hydrogens is 828 g/mol. The van der Waals surface area contributed by atoms with Crippen LogP contribution in [0.25, 0.3) is 32.3 Å². The molecule has 0 radical (unpaired) electrons. The Morgan fingerprint density at radius 1 is 0.381 bits per heavy atom. The largest absolute Gasteiger partial charge is 0.504 e. The third-order valence-electron chi connectivity index (χ3n) is 9.76. The van der Waals surface area contributed by atoms with E-state index in [1.807, 2.05) is 0 Å². The SMILES string of the molecule is O=Cc1ccc2ccc3c(OC(=O)c4cc(OC(=O)c5cc(O)c(O)c(O)c5)c(OC(=O)c5cc(O)c(O)c(O)c5)c(OC(=O)c5cc(O)c(O)c(O)c5)c4)ccc4ccc1c2c43. The van der Waals surface area contributed by atoms with E-state index in [0.29, 0.717) is 69.8 Å². The van der Waals surface area contributed by atoms with E-state index in [1.165, 1.54) is 6.07 Å². The van der Waals surface area contributed by atoms with Crippen LogP contribution >= 0.6 is 0 Å². The van der Waals surface area contributed by atoms with Crippen molar-refractivity contribution in [1.29, 1.82) is 0 Å². The third-order valence-corrected chi connectivity index (χ3v) is 9.76. The van der Waals surface area contributed by atoms with Crippen molar-refractivity contribution in [3.05, 3.63) is 125 Å². The first-order valence-corrected chi connectivity index (χ1v) is 18.0. The molecule has 314 valence electrons. The van der Waals surface area contributed by atoms with Crippen LogP contribution in [0.4, 0.5) is 0 Å². The lowest BCUT2D eigenvalue weighted by Crippen LogP contribution is -2.17. The molecule has 0 fully saturated rings. The highest BCUT2D eigenvalue weighted by atomic mass is 16.6. The van der Waals surface area contributed by atoms with Gasteiger partial charge in [0.2, 0.25) is 5.75 Å². The predicted molar refractivity (Wildman–Crippen MR) is 216 cm³/mol. The lowest BCUT2D eigenvalue weighted by Gasteiger charge is -2.18. The van der Waals surface area contributed by atoms with Crippen molar-refractivity contribution >= 4 is 62.5 Å². The molecule has 8 aromatic rings. The Morgan fingerprint density at radius 3 is 1.14 bits per heavy atom. The van der Waals surface area contributed by atoms with Gasteiger partial charge in [-0.25, -0.2) is 19.2 Å². The number of ether oxygens (including phenoxy) is 4. The molecule has 0 spiro atoms.